The molecule has 2 aliphatic rings. The van der Waals surface area contributed by atoms with E-state index in [1.54, 1.807) is 0 Å². The van der Waals surface area contributed by atoms with Crippen molar-refractivity contribution in [3.8, 4) is 0 Å². The summed E-state index contributed by atoms with van der Waals surface area (Å²) in [6, 6.07) is 0.761. The molecule has 2 fully saturated rings. The lowest BCUT2D eigenvalue weighted by Gasteiger charge is -2.36. The number of rotatable bonds is 4. The van der Waals surface area contributed by atoms with Gasteiger partial charge in [-0.05, 0) is 38.7 Å². The van der Waals surface area contributed by atoms with Crippen LogP contribution in [0.5, 0.6) is 0 Å². The van der Waals surface area contributed by atoms with Crippen LogP contribution in [0.15, 0.2) is 6.07 Å². The molecule has 3 amide bonds. The third-order valence-corrected chi connectivity index (χ3v) is 6.01. The van der Waals surface area contributed by atoms with E-state index in [1.165, 1.54) is 19.9 Å². The molecule has 28 heavy (non-hydrogen) atoms. The van der Waals surface area contributed by atoms with Crippen molar-refractivity contribution in [2.75, 3.05) is 6.54 Å². The third kappa shape index (κ3) is 3.42. The van der Waals surface area contributed by atoms with Crippen LogP contribution in [0.1, 0.15) is 54.4 Å². The largest absolute Gasteiger partial charge is 0.406 e. The molecule has 1 N–H and O–H groups in total. The summed E-state index contributed by atoms with van der Waals surface area (Å²) in [5.41, 5.74) is -0.400. The first-order valence-electron chi connectivity index (χ1n) is 9.37. The lowest BCUT2D eigenvalue weighted by Crippen LogP contribution is -2.54. The Morgan fingerprint density at radius 3 is 2.57 bits per heavy atom. The Bertz CT molecular complexity index is 830. The summed E-state index contributed by atoms with van der Waals surface area (Å²) < 4.78 is 39.3. The van der Waals surface area contributed by atoms with Crippen molar-refractivity contribution < 1.29 is 27.6 Å². The lowest BCUT2D eigenvalue weighted by molar-refractivity contribution is -0.141. The molecule has 1 aromatic heterocycles. The van der Waals surface area contributed by atoms with E-state index in [0.717, 1.165) is 28.7 Å². The number of aromatic nitrogens is 1. The van der Waals surface area contributed by atoms with Crippen molar-refractivity contribution in [1.29, 1.82) is 0 Å². The lowest BCUT2D eigenvalue weighted by atomic mass is 9.73. The molecular formula is C19H24F3N3O3. The maximum absolute atomic E-state index is 13.0. The molecule has 1 aliphatic heterocycles. The maximum Gasteiger partial charge on any atom is 0.406 e. The maximum atomic E-state index is 13.0. The fraction of sp³-hybridized carbons (Fsp3) is 0.632. The molecule has 2 heterocycles. The van der Waals surface area contributed by atoms with Crippen molar-refractivity contribution in [1.82, 2.24) is 14.8 Å². The fourth-order valence-electron chi connectivity index (χ4n) is 4.37. The zero-order valence-corrected chi connectivity index (χ0v) is 16.2. The number of hydrogen-bond donors (Lipinski definition) is 1. The minimum atomic E-state index is -4.41. The number of amides is 3. The molecule has 1 saturated heterocycles. The van der Waals surface area contributed by atoms with Crippen LogP contribution in [0, 0.1) is 19.8 Å². The number of carbonyl (C=O) groups is 3. The second kappa shape index (κ2) is 6.93. The van der Waals surface area contributed by atoms with Crippen LogP contribution in [0.2, 0.25) is 0 Å². The molecule has 1 aliphatic carbocycles. The first-order valence-corrected chi connectivity index (χ1v) is 9.37. The normalized spacial score (nSPS) is 25.5. The van der Waals surface area contributed by atoms with Gasteiger partial charge in [-0.3, -0.25) is 14.5 Å². The van der Waals surface area contributed by atoms with Crippen LogP contribution in [0.3, 0.4) is 0 Å². The fourth-order valence-corrected chi connectivity index (χ4v) is 4.37. The van der Waals surface area contributed by atoms with Gasteiger partial charge in [0, 0.05) is 17.0 Å². The molecule has 2 atom stereocenters. The number of nitrogens with zero attached hydrogens (tertiary/aromatic N) is 2. The minimum Gasteiger partial charge on any atom is -0.339 e. The highest BCUT2D eigenvalue weighted by Gasteiger charge is 2.55. The van der Waals surface area contributed by atoms with Gasteiger partial charge >= 0.3 is 12.2 Å². The van der Waals surface area contributed by atoms with Gasteiger partial charge < -0.3 is 9.88 Å². The summed E-state index contributed by atoms with van der Waals surface area (Å²) in [5.74, 6) is -0.998. The number of ketones is 1. The van der Waals surface area contributed by atoms with Gasteiger partial charge in [0.05, 0.1) is 6.54 Å². The van der Waals surface area contributed by atoms with Crippen molar-refractivity contribution in [3.05, 3.63) is 23.0 Å². The number of urea groups is 1. The van der Waals surface area contributed by atoms with Gasteiger partial charge in [-0.1, -0.05) is 19.8 Å². The van der Waals surface area contributed by atoms with Gasteiger partial charge in [-0.15, -0.1) is 0 Å². The monoisotopic (exact) mass is 399 g/mol. The molecule has 0 bridgehead atoms. The Hall–Kier alpha value is -2.32. The number of aryl methyl sites for hydroxylation is 1. The molecule has 1 saturated carbocycles. The number of alkyl halides is 3. The van der Waals surface area contributed by atoms with Gasteiger partial charge in [0.2, 0.25) is 0 Å². The molecular weight excluding hydrogens is 375 g/mol. The Morgan fingerprint density at radius 1 is 1.29 bits per heavy atom. The zero-order valence-electron chi connectivity index (χ0n) is 16.2. The van der Waals surface area contributed by atoms with Gasteiger partial charge in [0.1, 0.15) is 12.1 Å². The average Bonchev–Trinajstić information content (AvgIpc) is 2.99. The summed E-state index contributed by atoms with van der Waals surface area (Å²) in [4.78, 5) is 39.0. The molecule has 0 radical (unpaired) electrons. The predicted molar refractivity (Wildman–Crippen MR) is 94.9 cm³/mol. The number of hydrogen-bond acceptors (Lipinski definition) is 3. The van der Waals surface area contributed by atoms with Gasteiger partial charge in [-0.2, -0.15) is 13.2 Å². The second-order valence-corrected chi connectivity index (χ2v) is 7.85. The van der Waals surface area contributed by atoms with Crippen LogP contribution in [-0.2, 0) is 11.3 Å². The standard InChI is InChI=1S/C19H24F3N3O3/c1-11-6-4-5-7-18(11)16(27)24(17(28)23-18)9-15(26)14-8-12(2)25(13(14)3)10-19(20,21)22/h8,11H,4-7,9-10H2,1-3H3,(H,23,28)/t11-,18-/m0/s1. The first kappa shape index (κ1) is 20.4. The number of carbonyl (C=O) groups excluding carboxylic acids is 3. The summed E-state index contributed by atoms with van der Waals surface area (Å²) in [7, 11) is 0. The van der Waals surface area contributed by atoms with Gasteiger partial charge in [-0.25, -0.2) is 4.79 Å². The van der Waals surface area contributed by atoms with E-state index in [4.69, 9.17) is 0 Å². The molecule has 9 heteroatoms. The number of Topliss-reactive ketones (excluding diaryl/α,β-unsaturated/α-hetero) is 1. The third-order valence-electron chi connectivity index (χ3n) is 6.01. The number of nitrogens with one attached hydrogen (secondary N) is 1. The second-order valence-electron chi connectivity index (χ2n) is 7.85. The van der Waals surface area contributed by atoms with Crippen LogP contribution < -0.4 is 5.32 Å². The summed E-state index contributed by atoms with van der Waals surface area (Å²) in [6.07, 6.45) is -1.27. The minimum absolute atomic E-state index is 0.0327. The highest BCUT2D eigenvalue weighted by Crippen LogP contribution is 2.38. The average molecular weight is 399 g/mol. The highest BCUT2D eigenvalue weighted by molar-refractivity contribution is 6.11. The SMILES string of the molecule is Cc1cc(C(=O)CN2C(=O)N[C@]3(CCCC[C@@H]3C)C2=O)c(C)n1CC(F)(F)F. The predicted octanol–water partition coefficient (Wildman–Crippen LogP) is 3.35. The zero-order chi connectivity index (χ0) is 20.9. The molecule has 6 nitrogen and oxygen atoms in total. The number of imide groups is 1. The first-order chi connectivity index (χ1) is 13.0. The van der Waals surface area contributed by atoms with Crippen LogP contribution in [0.4, 0.5) is 18.0 Å². The van der Waals surface area contributed by atoms with E-state index in [0.29, 0.717) is 12.1 Å². The molecule has 0 aromatic carbocycles. The van der Waals surface area contributed by atoms with E-state index in [-0.39, 0.29) is 17.2 Å². The smallest absolute Gasteiger partial charge is 0.339 e. The van der Waals surface area contributed by atoms with E-state index in [1.807, 2.05) is 6.92 Å². The highest BCUT2D eigenvalue weighted by atomic mass is 19.4. The van der Waals surface area contributed by atoms with Gasteiger partial charge in [0.25, 0.3) is 5.91 Å². The van der Waals surface area contributed by atoms with E-state index >= 15 is 0 Å². The summed E-state index contributed by atoms with van der Waals surface area (Å²) in [5, 5.41) is 2.77. The van der Waals surface area contributed by atoms with Crippen LogP contribution in [-0.4, -0.2) is 45.4 Å². The van der Waals surface area contributed by atoms with E-state index in [9.17, 15) is 27.6 Å². The molecule has 1 aromatic rings. The van der Waals surface area contributed by atoms with Crippen LogP contribution in [0.25, 0.3) is 0 Å². The summed E-state index contributed by atoms with van der Waals surface area (Å²) in [6.45, 7) is 3.16. The van der Waals surface area contributed by atoms with Crippen LogP contribution >= 0.6 is 0 Å². The molecule has 154 valence electrons. The van der Waals surface area contributed by atoms with E-state index < -0.39 is 42.5 Å². The Kier molecular flexibility index (Phi) is 5.05. The Labute approximate surface area is 161 Å². The van der Waals surface area contributed by atoms with Crippen molar-refractivity contribution in [2.24, 2.45) is 5.92 Å². The van der Waals surface area contributed by atoms with Gasteiger partial charge in [0.15, 0.2) is 5.78 Å². The molecule has 0 unspecified atom stereocenters. The summed E-state index contributed by atoms with van der Waals surface area (Å²) >= 11 is 0. The van der Waals surface area contributed by atoms with E-state index in [2.05, 4.69) is 5.32 Å². The van der Waals surface area contributed by atoms with Crippen molar-refractivity contribution in [2.45, 2.75) is 64.7 Å². The molecule has 1 spiro atoms. The number of halogens is 3. The quantitative estimate of drug-likeness (QED) is 0.624. The topological polar surface area (TPSA) is 71.4 Å². The molecule has 3 rings (SSSR count). The Morgan fingerprint density at radius 2 is 1.96 bits per heavy atom. The van der Waals surface area contributed by atoms with Crippen molar-refractivity contribution >= 4 is 17.7 Å². The Balaban J connectivity index is 1.81. The van der Waals surface area contributed by atoms with Crippen molar-refractivity contribution in [3.63, 3.8) is 0 Å².